The smallest absolute Gasteiger partial charge is 0.354 e. The molecule has 2 aromatic heterocycles. The molecule has 2 heterocycles. The van der Waals surface area contributed by atoms with Crippen molar-refractivity contribution in [3.63, 3.8) is 0 Å². The molecule has 0 amide bonds. The molecule has 0 aromatic carbocycles. The van der Waals surface area contributed by atoms with Crippen molar-refractivity contribution < 1.29 is 14.3 Å². The van der Waals surface area contributed by atoms with Crippen molar-refractivity contribution in [1.29, 1.82) is 0 Å². The minimum atomic E-state index is -0.372. The molecular weight excluding hydrogens is 243 g/mol. The van der Waals surface area contributed by atoms with Gasteiger partial charge in [0.1, 0.15) is 11.2 Å². The molecule has 2 aromatic rings. The molecule has 0 spiro atoms. The van der Waals surface area contributed by atoms with Crippen LogP contribution < -0.4 is 10.2 Å². The maximum atomic E-state index is 11.8. The lowest BCUT2D eigenvalue weighted by molar-refractivity contribution is 0.0520. The Morgan fingerprint density at radius 3 is 2.89 bits per heavy atom. The first kappa shape index (κ1) is 13.5. The van der Waals surface area contributed by atoms with Gasteiger partial charge in [0.05, 0.1) is 13.7 Å². The number of aromatic amines is 1. The van der Waals surface area contributed by atoms with Gasteiger partial charge in [-0.2, -0.15) is 0 Å². The third kappa shape index (κ3) is 2.57. The predicted molar refractivity (Wildman–Crippen MR) is 74.5 cm³/mol. The SMILES string of the molecule is CC[B]c1cnc(OC)c2[nH]c(C(=O)OCC)cc12. The lowest BCUT2D eigenvalue weighted by Gasteiger charge is -2.04. The molecule has 0 saturated carbocycles. The van der Waals surface area contributed by atoms with Crippen LogP contribution in [-0.2, 0) is 4.74 Å². The van der Waals surface area contributed by atoms with Gasteiger partial charge in [0.2, 0.25) is 5.88 Å². The Hall–Kier alpha value is -1.98. The van der Waals surface area contributed by atoms with Gasteiger partial charge in [-0.15, -0.1) is 0 Å². The van der Waals surface area contributed by atoms with Crippen LogP contribution in [0.5, 0.6) is 5.88 Å². The summed E-state index contributed by atoms with van der Waals surface area (Å²) < 4.78 is 10.2. The summed E-state index contributed by atoms with van der Waals surface area (Å²) >= 11 is 0. The molecule has 19 heavy (non-hydrogen) atoms. The Labute approximate surface area is 112 Å². The van der Waals surface area contributed by atoms with Crippen molar-refractivity contribution in [1.82, 2.24) is 9.97 Å². The first-order valence-electron chi connectivity index (χ1n) is 6.27. The van der Waals surface area contributed by atoms with Crippen molar-refractivity contribution in [2.24, 2.45) is 0 Å². The van der Waals surface area contributed by atoms with E-state index in [1.165, 1.54) is 0 Å². The fourth-order valence-electron chi connectivity index (χ4n) is 1.97. The van der Waals surface area contributed by atoms with Gasteiger partial charge in [0.25, 0.3) is 0 Å². The van der Waals surface area contributed by atoms with Gasteiger partial charge < -0.3 is 14.5 Å². The second-order valence-electron chi connectivity index (χ2n) is 4.03. The molecule has 0 saturated heterocycles. The highest BCUT2D eigenvalue weighted by atomic mass is 16.5. The number of nitrogens with one attached hydrogen (secondary N) is 1. The normalized spacial score (nSPS) is 10.5. The van der Waals surface area contributed by atoms with E-state index in [0.717, 1.165) is 17.2 Å². The van der Waals surface area contributed by atoms with Crippen LogP contribution in [0, 0.1) is 0 Å². The molecule has 6 heteroatoms. The van der Waals surface area contributed by atoms with E-state index in [-0.39, 0.29) is 5.97 Å². The van der Waals surface area contributed by atoms with E-state index in [4.69, 9.17) is 9.47 Å². The molecule has 5 nitrogen and oxygen atoms in total. The standard InChI is InChI=1S/C13H16BN2O3/c1-4-14-9-7-15-12(18-3)11-8(9)6-10(16-11)13(17)19-5-2/h6-7,16H,4-5H2,1-3H3. The first-order chi connectivity index (χ1) is 9.21. The molecule has 0 aliphatic heterocycles. The molecule has 0 bridgehead atoms. The molecule has 0 aliphatic rings. The summed E-state index contributed by atoms with van der Waals surface area (Å²) in [5.74, 6) is 0.0991. The summed E-state index contributed by atoms with van der Waals surface area (Å²) in [5, 5.41) is 0.914. The Bertz CT molecular complexity index is 595. The van der Waals surface area contributed by atoms with Crippen LogP contribution in [-0.4, -0.2) is 36.9 Å². The predicted octanol–water partition coefficient (Wildman–Crippen LogP) is 1.52. The van der Waals surface area contributed by atoms with E-state index >= 15 is 0 Å². The fraction of sp³-hybridized carbons (Fsp3) is 0.385. The number of esters is 1. The number of nitrogens with zero attached hydrogens (tertiary/aromatic N) is 1. The van der Waals surface area contributed by atoms with Gasteiger partial charge in [-0.05, 0) is 13.0 Å². The molecule has 0 fully saturated rings. The van der Waals surface area contributed by atoms with Crippen LogP contribution in [0.1, 0.15) is 24.3 Å². The third-order valence-electron chi connectivity index (χ3n) is 2.78. The van der Waals surface area contributed by atoms with E-state index < -0.39 is 0 Å². The fourth-order valence-corrected chi connectivity index (χ4v) is 1.97. The lowest BCUT2D eigenvalue weighted by Crippen LogP contribution is -2.14. The van der Waals surface area contributed by atoms with Crippen LogP contribution in [0.3, 0.4) is 0 Å². The van der Waals surface area contributed by atoms with Gasteiger partial charge in [-0.25, -0.2) is 9.78 Å². The zero-order valence-electron chi connectivity index (χ0n) is 11.3. The Kier molecular flexibility index (Phi) is 4.09. The largest absolute Gasteiger partial charge is 0.479 e. The van der Waals surface area contributed by atoms with Crippen LogP contribution >= 0.6 is 0 Å². The number of ether oxygens (including phenoxy) is 2. The minimum Gasteiger partial charge on any atom is -0.479 e. The van der Waals surface area contributed by atoms with Crippen LogP contribution in [0.4, 0.5) is 0 Å². The maximum Gasteiger partial charge on any atom is 0.354 e. The first-order valence-corrected chi connectivity index (χ1v) is 6.27. The number of methoxy groups -OCH3 is 1. The zero-order chi connectivity index (χ0) is 13.8. The van der Waals surface area contributed by atoms with E-state index in [0.29, 0.717) is 23.7 Å². The number of hydrogen-bond donors (Lipinski definition) is 1. The highest BCUT2D eigenvalue weighted by molar-refractivity contribution is 6.57. The second-order valence-corrected chi connectivity index (χ2v) is 4.03. The molecule has 99 valence electrons. The summed E-state index contributed by atoms with van der Waals surface area (Å²) in [4.78, 5) is 19.0. The summed E-state index contributed by atoms with van der Waals surface area (Å²) in [5.41, 5.74) is 2.10. The van der Waals surface area contributed by atoms with Gasteiger partial charge >= 0.3 is 5.97 Å². The number of hydrogen-bond acceptors (Lipinski definition) is 4. The van der Waals surface area contributed by atoms with Crippen molar-refractivity contribution in [2.75, 3.05) is 13.7 Å². The zero-order valence-corrected chi connectivity index (χ0v) is 11.3. The Balaban J connectivity index is 2.54. The highest BCUT2D eigenvalue weighted by Gasteiger charge is 2.16. The van der Waals surface area contributed by atoms with E-state index in [1.807, 2.05) is 0 Å². The van der Waals surface area contributed by atoms with Gasteiger partial charge in [0, 0.05) is 11.6 Å². The molecule has 2 rings (SSSR count). The third-order valence-corrected chi connectivity index (χ3v) is 2.78. The highest BCUT2D eigenvalue weighted by Crippen LogP contribution is 2.22. The number of H-pyrrole nitrogens is 1. The quantitative estimate of drug-likeness (QED) is 0.653. The van der Waals surface area contributed by atoms with Crippen LogP contribution in [0.25, 0.3) is 10.9 Å². The van der Waals surface area contributed by atoms with Gasteiger partial charge in [-0.3, -0.25) is 0 Å². The summed E-state index contributed by atoms with van der Waals surface area (Å²) in [7, 11) is 3.60. The monoisotopic (exact) mass is 259 g/mol. The molecule has 0 unspecified atom stereocenters. The molecule has 0 atom stereocenters. The number of aromatic nitrogens is 2. The Morgan fingerprint density at radius 2 is 2.26 bits per heavy atom. The lowest BCUT2D eigenvalue weighted by atomic mass is 9.67. The van der Waals surface area contributed by atoms with Crippen LogP contribution in [0.2, 0.25) is 6.32 Å². The number of fused-ring (bicyclic) bond motifs is 1. The van der Waals surface area contributed by atoms with Crippen molar-refractivity contribution >= 4 is 29.6 Å². The molecule has 0 aliphatic carbocycles. The van der Waals surface area contributed by atoms with Crippen molar-refractivity contribution in [2.45, 2.75) is 20.2 Å². The van der Waals surface area contributed by atoms with Gasteiger partial charge in [-0.1, -0.05) is 18.7 Å². The van der Waals surface area contributed by atoms with Crippen LogP contribution in [0.15, 0.2) is 12.3 Å². The molecular formula is C13H16BN2O3. The average molecular weight is 259 g/mol. The summed E-state index contributed by atoms with van der Waals surface area (Å²) in [6.07, 6.45) is 2.64. The van der Waals surface area contributed by atoms with Crippen molar-refractivity contribution in [3.8, 4) is 5.88 Å². The topological polar surface area (TPSA) is 64.2 Å². The van der Waals surface area contributed by atoms with Gasteiger partial charge in [0.15, 0.2) is 7.28 Å². The Morgan fingerprint density at radius 1 is 1.47 bits per heavy atom. The summed E-state index contributed by atoms with van der Waals surface area (Å²) in [6.45, 7) is 4.17. The molecule has 1 radical (unpaired) electrons. The molecule has 1 N–H and O–H groups in total. The number of rotatable bonds is 5. The maximum absolute atomic E-state index is 11.8. The van der Waals surface area contributed by atoms with E-state index in [1.54, 1.807) is 26.3 Å². The second kappa shape index (κ2) is 5.78. The number of carbonyl (C=O) groups excluding carboxylic acids is 1. The average Bonchev–Trinajstić information content (AvgIpc) is 2.85. The van der Waals surface area contributed by atoms with E-state index in [2.05, 4.69) is 24.2 Å². The van der Waals surface area contributed by atoms with Crippen molar-refractivity contribution in [3.05, 3.63) is 18.0 Å². The number of carbonyl (C=O) groups is 1. The number of pyridine rings is 1. The minimum absolute atomic E-state index is 0.345. The summed E-state index contributed by atoms with van der Waals surface area (Å²) in [6, 6.07) is 1.78. The van der Waals surface area contributed by atoms with E-state index in [9.17, 15) is 4.79 Å².